The predicted octanol–water partition coefficient (Wildman–Crippen LogP) is 5.73. The number of unbranched alkanes of at least 4 members (excludes halogenated alkanes) is 4. The summed E-state index contributed by atoms with van der Waals surface area (Å²) in [7, 11) is 0. The van der Waals surface area contributed by atoms with Gasteiger partial charge in [0.05, 0.1) is 0 Å². The summed E-state index contributed by atoms with van der Waals surface area (Å²) in [6.07, 6.45) is 15.0. The zero-order valence-corrected chi connectivity index (χ0v) is 14.1. The van der Waals surface area contributed by atoms with E-state index in [1.54, 1.807) is 0 Å². The molecule has 1 nitrogen and oxygen atoms in total. The highest BCUT2D eigenvalue weighted by Crippen LogP contribution is 2.11. The maximum atomic E-state index is 6.14. The highest BCUT2D eigenvalue weighted by molar-refractivity contribution is 6.51. The van der Waals surface area contributed by atoms with Gasteiger partial charge in [-0.3, -0.25) is 0 Å². The molecule has 18 heavy (non-hydrogen) atoms. The molecule has 0 atom stereocenters. The van der Waals surface area contributed by atoms with Crippen molar-refractivity contribution in [2.45, 2.75) is 82.7 Å². The molecule has 0 amide bonds. The van der Waals surface area contributed by atoms with E-state index in [0.29, 0.717) is 0 Å². The molecule has 0 aromatic heterocycles. The van der Waals surface area contributed by atoms with Gasteiger partial charge in [-0.2, -0.15) is 0 Å². The van der Waals surface area contributed by atoms with E-state index in [2.05, 4.69) is 32.9 Å². The van der Waals surface area contributed by atoms with Gasteiger partial charge < -0.3 is 3.79 Å². The van der Waals surface area contributed by atoms with Crippen molar-refractivity contribution in [3.8, 4) is 0 Å². The molecule has 0 rings (SSSR count). The predicted molar refractivity (Wildman–Crippen MR) is 84.4 cm³/mol. The summed E-state index contributed by atoms with van der Waals surface area (Å²) in [4.78, 5) is 0. The summed E-state index contributed by atoms with van der Waals surface area (Å²) in [6.45, 7) is 7.77. The van der Waals surface area contributed by atoms with Gasteiger partial charge in [0.25, 0.3) is 0 Å². The van der Waals surface area contributed by atoms with Gasteiger partial charge in [0.2, 0.25) is 0 Å². The van der Waals surface area contributed by atoms with Gasteiger partial charge in [-0.05, 0) is 12.8 Å². The maximum absolute atomic E-state index is 6.14. The van der Waals surface area contributed by atoms with Crippen LogP contribution in [0.15, 0.2) is 12.2 Å². The van der Waals surface area contributed by atoms with Crippen molar-refractivity contribution in [1.82, 2.24) is 0 Å². The van der Waals surface area contributed by atoms with Crippen LogP contribution in [-0.2, 0) is 3.79 Å². The molecule has 0 radical (unpaired) electrons. The van der Waals surface area contributed by atoms with Crippen LogP contribution in [0.5, 0.6) is 0 Å². The van der Waals surface area contributed by atoms with E-state index in [-0.39, 0.29) is 0 Å². The van der Waals surface area contributed by atoms with Crippen LogP contribution in [0.3, 0.4) is 0 Å². The minimum atomic E-state index is -0.868. The molecule has 0 unspecified atom stereocenters. The fourth-order valence-electron chi connectivity index (χ4n) is 2.04. The molecule has 0 aliphatic rings. The van der Waals surface area contributed by atoms with E-state index in [1.807, 2.05) is 0 Å². The summed E-state index contributed by atoms with van der Waals surface area (Å²) >= 11 is -0.868. The van der Waals surface area contributed by atoms with E-state index in [4.69, 9.17) is 3.79 Å². The third kappa shape index (κ3) is 12.7. The van der Waals surface area contributed by atoms with Crippen LogP contribution in [0, 0.1) is 0 Å². The van der Waals surface area contributed by atoms with Gasteiger partial charge in [0.1, 0.15) is 0 Å². The molecule has 106 valence electrons. The lowest BCUT2D eigenvalue weighted by Gasteiger charge is -2.11. The van der Waals surface area contributed by atoms with Crippen LogP contribution < -0.4 is 0 Å². The van der Waals surface area contributed by atoms with E-state index < -0.39 is 14.5 Å². The molecule has 2 heteroatoms. The molecule has 0 saturated carbocycles. The molecule has 0 N–H and O–H groups in total. The Kier molecular flexibility index (Phi) is 15.5. The molecular weight excluding hydrogens is 235 g/mol. The van der Waals surface area contributed by atoms with Crippen molar-refractivity contribution >= 4 is 14.5 Å². The van der Waals surface area contributed by atoms with E-state index in [1.165, 1.54) is 55.5 Å². The zero-order valence-electron chi connectivity index (χ0n) is 12.9. The second kappa shape index (κ2) is 15.3. The standard InChI is InChI=1S/C8H15O.2C4H9.Al/c1-2-3-4-5-6-7-8-9;2*1-3-4-2;/h5-6H,2-4,7-8H2,1H3;2*1,3-4H2,2H3;/q-1;;;+1. The van der Waals surface area contributed by atoms with E-state index in [0.717, 1.165) is 13.0 Å². The number of allylic oxidation sites excluding steroid dienone is 1. The first-order valence-electron chi connectivity index (χ1n) is 8.11. The first-order chi connectivity index (χ1) is 8.85. The molecule has 0 fully saturated rings. The number of rotatable bonds is 13. The van der Waals surface area contributed by atoms with E-state index in [9.17, 15) is 0 Å². The zero-order chi connectivity index (χ0) is 13.5. The van der Waals surface area contributed by atoms with Gasteiger partial charge in [0, 0.05) is 6.61 Å². The topological polar surface area (TPSA) is 9.23 Å². The lowest BCUT2D eigenvalue weighted by Crippen LogP contribution is -2.18. The van der Waals surface area contributed by atoms with Crippen molar-refractivity contribution in [3.63, 3.8) is 0 Å². The second-order valence-corrected chi connectivity index (χ2v) is 7.91. The third-order valence-corrected chi connectivity index (χ3v) is 6.10. The molecule has 0 saturated heterocycles. The molecule has 0 bridgehead atoms. The van der Waals surface area contributed by atoms with Gasteiger partial charge in [-0.1, -0.05) is 82.0 Å². The van der Waals surface area contributed by atoms with Gasteiger partial charge in [-0.25, -0.2) is 0 Å². The summed E-state index contributed by atoms with van der Waals surface area (Å²) in [6, 6.07) is 0. The lowest BCUT2D eigenvalue weighted by molar-refractivity contribution is 0.323. The van der Waals surface area contributed by atoms with Crippen LogP contribution in [0.25, 0.3) is 0 Å². The van der Waals surface area contributed by atoms with Crippen LogP contribution in [-0.4, -0.2) is 21.1 Å². The molecule has 0 aliphatic carbocycles. The Morgan fingerprint density at radius 1 is 0.778 bits per heavy atom. The third-order valence-electron chi connectivity index (χ3n) is 3.29. The normalized spacial score (nSPS) is 11.3. The summed E-state index contributed by atoms with van der Waals surface area (Å²) in [5.41, 5.74) is 0. The van der Waals surface area contributed by atoms with Crippen molar-refractivity contribution in [2.75, 3.05) is 6.61 Å². The fraction of sp³-hybridized carbons (Fsp3) is 0.875. The summed E-state index contributed by atoms with van der Waals surface area (Å²) < 4.78 is 6.14. The average molecular weight is 268 g/mol. The Bertz CT molecular complexity index is 172. The lowest BCUT2D eigenvalue weighted by atomic mass is 10.2. The van der Waals surface area contributed by atoms with Crippen molar-refractivity contribution < 1.29 is 3.79 Å². The SMILES string of the molecule is CCCCC=CCC[O][Al]([CH2]CCC)[CH2]CCC. The van der Waals surface area contributed by atoms with E-state index >= 15 is 0 Å². The number of hydrogen-bond acceptors (Lipinski definition) is 1. The second-order valence-electron chi connectivity index (χ2n) is 5.18. The Morgan fingerprint density at radius 2 is 1.33 bits per heavy atom. The monoisotopic (exact) mass is 268 g/mol. The highest BCUT2D eigenvalue weighted by atomic mass is 27.2. The Labute approximate surface area is 120 Å². The molecular formula is C16H33AlO. The van der Waals surface area contributed by atoms with Crippen LogP contribution in [0.1, 0.15) is 72.1 Å². The van der Waals surface area contributed by atoms with Gasteiger partial charge in [-0.15, -0.1) is 0 Å². The average Bonchev–Trinajstić information content (AvgIpc) is 2.40. The Morgan fingerprint density at radius 3 is 1.89 bits per heavy atom. The van der Waals surface area contributed by atoms with Crippen LogP contribution >= 0.6 is 0 Å². The first-order valence-corrected chi connectivity index (χ1v) is 10.2. The van der Waals surface area contributed by atoms with Crippen molar-refractivity contribution in [1.29, 1.82) is 0 Å². The quantitative estimate of drug-likeness (QED) is 0.235. The molecule has 0 spiro atoms. The maximum Gasteiger partial charge on any atom is 0.460 e. The Hall–Kier alpha value is 0.232. The van der Waals surface area contributed by atoms with Crippen molar-refractivity contribution in [3.05, 3.63) is 12.2 Å². The summed E-state index contributed by atoms with van der Waals surface area (Å²) in [5.74, 6) is 0. The molecule has 0 aromatic carbocycles. The minimum Gasteiger partial charge on any atom is -0.500 e. The van der Waals surface area contributed by atoms with Gasteiger partial charge >= 0.3 is 14.5 Å². The molecule has 0 aromatic rings. The van der Waals surface area contributed by atoms with Crippen LogP contribution in [0.4, 0.5) is 0 Å². The molecule has 0 aliphatic heterocycles. The fourth-order valence-corrected chi connectivity index (χ4v) is 4.85. The largest absolute Gasteiger partial charge is 0.500 e. The Balaban J connectivity index is 3.57. The first kappa shape index (κ1) is 18.2. The number of hydrogen-bond donors (Lipinski definition) is 0. The highest BCUT2D eigenvalue weighted by Gasteiger charge is 2.18. The summed E-state index contributed by atoms with van der Waals surface area (Å²) in [5, 5.41) is 2.77. The van der Waals surface area contributed by atoms with Crippen molar-refractivity contribution in [2.24, 2.45) is 0 Å². The van der Waals surface area contributed by atoms with Gasteiger partial charge in [0.15, 0.2) is 0 Å². The molecule has 0 heterocycles. The minimum absolute atomic E-state index is 0.868. The smallest absolute Gasteiger partial charge is 0.460 e. The van der Waals surface area contributed by atoms with Crippen LogP contribution in [0.2, 0.25) is 10.6 Å².